The van der Waals surface area contributed by atoms with Gasteiger partial charge in [-0.1, -0.05) is 12.1 Å². The second-order valence-corrected chi connectivity index (χ2v) is 7.23. The van der Waals surface area contributed by atoms with Crippen molar-refractivity contribution < 1.29 is 9.53 Å². The summed E-state index contributed by atoms with van der Waals surface area (Å²) < 4.78 is 5.72. The number of hydrogen-bond donors (Lipinski definition) is 1. The van der Waals surface area contributed by atoms with Crippen molar-refractivity contribution in [2.75, 3.05) is 31.3 Å². The summed E-state index contributed by atoms with van der Waals surface area (Å²) in [6, 6.07) is 7.99. The molecule has 0 spiro atoms. The summed E-state index contributed by atoms with van der Waals surface area (Å²) in [5.41, 5.74) is 2.03. The van der Waals surface area contributed by atoms with Crippen LogP contribution in [-0.4, -0.2) is 37.2 Å². The average molecular weight is 311 g/mol. The van der Waals surface area contributed by atoms with Crippen LogP contribution in [0.5, 0.6) is 0 Å². The molecule has 1 fully saturated rings. The van der Waals surface area contributed by atoms with E-state index in [2.05, 4.69) is 17.4 Å². The van der Waals surface area contributed by atoms with E-state index in [1.807, 2.05) is 42.6 Å². The normalized spacial score (nSPS) is 16.1. The van der Waals surface area contributed by atoms with Gasteiger partial charge in [0.1, 0.15) is 0 Å². The molecule has 0 saturated carbocycles. The van der Waals surface area contributed by atoms with Crippen molar-refractivity contribution in [3.05, 3.63) is 35.4 Å². The minimum atomic E-state index is -0.0276. The molecule has 5 heteroatoms. The zero-order valence-electron chi connectivity index (χ0n) is 11.8. The third-order valence-corrected chi connectivity index (χ3v) is 6.02. The van der Waals surface area contributed by atoms with Crippen molar-refractivity contribution in [2.45, 2.75) is 17.9 Å². The molecule has 3 nitrogen and oxygen atoms in total. The maximum absolute atomic E-state index is 11.9. The van der Waals surface area contributed by atoms with Gasteiger partial charge in [-0.15, -0.1) is 23.5 Å². The fourth-order valence-corrected chi connectivity index (χ4v) is 4.85. The quantitative estimate of drug-likeness (QED) is 0.818. The predicted molar refractivity (Wildman–Crippen MR) is 87.5 cm³/mol. The van der Waals surface area contributed by atoms with Gasteiger partial charge >= 0.3 is 0 Å². The van der Waals surface area contributed by atoms with Gasteiger partial charge in [0.05, 0.1) is 11.2 Å². The van der Waals surface area contributed by atoms with Crippen molar-refractivity contribution in [3.8, 4) is 0 Å². The molecule has 0 unspecified atom stereocenters. The molecule has 1 N–H and O–H groups in total. The molecular formula is C15H21NO2S2. The van der Waals surface area contributed by atoms with Crippen molar-refractivity contribution in [1.82, 2.24) is 5.32 Å². The SMILES string of the molecule is CCOCCNC(=O)c1ccc(C2SCCCS2)cc1. The first kappa shape index (κ1) is 15.7. The van der Waals surface area contributed by atoms with E-state index in [0.717, 1.165) is 5.56 Å². The van der Waals surface area contributed by atoms with E-state index in [1.54, 1.807) is 0 Å². The lowest BCUT2D eigenvalue weighted by Crippen LogP contribution is -2.27. The van der Waals surface area contributed by atoms with Gasteiger partial charge in [-0.25, -0.2) is 0 Å². The van der Waals surface area contributed by atoms with Gasteiger partial charge in [-0.2, -0.15) is 0 Å². The van der Waals surface area contributed by atoms with Crippen LogP contribution in [0.1, 0.15) is 33.8 Å². The summed E-state index contributed by atoms with van der Waals surface area (Å²) >= 11 is 3.99. The molecule has 1 heterocycles. The Balaban J connectivity index is 1.85. The number of hydrogen-bond acceptors (Lipinski definition) is 4. The van der Waals surface area contributed by atoms with Crippen LogP contribution in [0.4, 0.5) is 0 Å². The predicted octanol–water partition coefficient (Wildman–Crippen LogP) is 3.32. The Morgan fingerprint density at radius 2 is 2.00 bits per heavy atom. The van der Waals surface area contributed by atoms with E-state index in [0.29, 0.717) is 24.3 Å². The van der Waals surface area contributed by atoms with Crippen LogP contribution in [-0.2, 0) is 4.74 Å². The summed E-state index contributed by atoms with van der Waals surface area (Å²) in [6.07, 6.45) is 1.30. The van der Waals surface area contributed by atoms with E-state index in [1.165, 1.54) is 23.5 Å². The number of thioether (sulfide) groups is 2. The lowest BCUT2D eigenvalue weighted by molar-refractivity contribution is 0.0922. The van der Waals surface area contributed by atoms with Gasteiger partial charge in [0, 0.05) is 18.7 Å². The number of carbonyl (C=O) groups is 1. The summed E-state index contributed by atoms with van der Waals surface area (Å²) in [5, 5.41) is 2.86. The molecule has 1 amide bonds. The summed E-state index contributed by atoms with van der Waals surface area (Å²) in [4.78, 5) is 11.9. The number of nitrogens with one attached hydrogen (secondary N) is 1. The first-order chi connectivity index (χ1) is 9.81. The van der Waals surface area contributed by atoms with Crippen LogP contribution in [0.15, 0.2) is 24.3 Å². The fourth-order valence-electron chi connectivity index (χ4n) is 1.95. The molecule has 1 saturated heterocycles. The summed E-state index contributed by atoms with van der Waals surface area (Å²) in [5.74, 6) is 2.44. The standard InChI is InChI=1S/C15H21NO2S2/c1-2-18-9-8-16-14(17)12-4-6-13(7-5-12)15-19-10-3-11-20-15/h4-7,15H,2-3,8-11H2,1H3,(H,16,17). The highest BCUT2D eigenvalue weighted by molar-refractivity contribution is 8.16. The molecule has 0 radical (unpaired) electrons. The Morgan fingerprint density at radius 1 is 1.30 bits per heavy atom. The van der Waals surface area contributed by atoms with Crippen LogP contribution in [0.3, 0.4) is 0 Å². The Hall–Kier alpha value is -0.650. The second-order valence-electron chi connectivity index (χ2n) is 4.50. The topological polar surface area (TPSA) is 38.3 Å². The highest BCUT2D eigenvalue weighted by Crippen LogP contribution is 2.43. The summed E-state index contributed by atoms with van der Waals surface area (Å²) in [7, 11) is 0. The van der Waals surface area contributed by atoms with Crippen LogP contribution in [0.2, 0.25) is 0 Å². The van der Waals surface area contributed by atoms with Crippen molar-refractivity contribution >= 4 is 29.4 Å². The third-order valence-electron chi connectivity index (χ3n) is 3.01. The van der Waals surface area contributed by atoms with Crippen LogP contribution >= 0.6 is 23.5 Å². The number of ether oxygens (including phenoxy) is 1. The second kappa shape index (κ2) is 8.60. The van der Waals surface area contributed by atoms with Gasteiger partial charge in [-0.3, -0.25) is 4.79 Å². The number of amides is 1. The molecule has 1 aliphatic heterocycles. The molecule has 110 valence electrons. The smallest absolute Gasteiger partial charge is 0.251 e. The molecule has 2 rings (SSSR count). The molecule has 0 bridgehead atoms. The minimum Gasteiger partial charge on any atom is -0.380 e. The maximum Gasteiger partial charge on any atom is 0.251 e. The zero-order valence-corrected chi connectivity index (χ0v) is 13.4. The third kappa shape index (κ3) is 4.72. The maximum atomic E-state index is 11.9. The van der Waals surface area contributed by atoms with Gasteiger partial charge < -0.3 is 10.1 Å². The fraction of sp³-hybridized carbons (Fsp3) is 0.533. The van der Waals surface area contributed by atoms with Gasteiger partial charge in [0.2, 0.25) is 0 Å². The van der Waals surface area contributed by atoms with Gasteiger partial charge in [0.25, 0.3) is 5.91 Å². The highest BCUT2D eigenvalue weighted by atomic mass is 32.2. The van der Waals surface area contributed by atoms with Crippen LogP contribution < -0.4 is 5.32 Å². The molecule has 0 aliphatic carbocycles. The minimum absolute atomic E-state index is 0.0276. The molecule has 0 atom stereocenters. The molecular weight excluding hydrogens is 290 g/mol. The van der Waals surface area contributed by atoms with Crippen molar-refractivity contribution in [3.63, 3.8) is 0 Å². The first-order valence-electron chi connectivity index (χ1n) is 7.00. The molecule has 1 aliphatic rings. The first-order valence-corrected chi connectivity index (χ1v) is 9.10. The molecule has 20 heavy (non-hydrogen) atoms. The molecule has 1 aromatic rings. The van der Waals surface area contributed by atoms with Crippen molar-refractivity contribution in [2.24, 2.45) is 0 Å². The Bertz CT molecular complexity index is 416. The Kier molecular flexibility index (Phi) is 6.76. The van der Waals surface area contributed by atoms with E-state index < -0.39 is 0 Å². The van der Waals surface area contributed by atoms with Crippen LogP contribution in [0.25, 0.3) is 0 Å². The average Bonchev–Trinajstić information content (AvgIpc) is 2.52. The monoisotopic (exact) mass is 311 g/mol. The van der Waals surface area contributed by atoms with E-state index >= 15 is 0 Å². The number of benzene rings is 1. The lowest BCUT2D eigenvalue weighted by Gasteiger charge is -2.21. The molecule has 0 aromatic heterocycles. The Labute approximate surface area is 129 Å². The number of carbonyl (C=O) groups excluding carboxylic acids is 1. The highest BCUT2D eigenvalue weighted by Gasteiger charge is 2.16. The Morgan fingerprint density at radius 3 is 2.65 bits per heavy atom. The van der Waals surface area contributed by atoms with E-state index in [-0.39, 0.29) is 5.91 Å². The number of rotatable bonds is 6. The van der Waals surface area contributed by atoms with Gasteiger partial charge in [-0.05, 0) is 42.5 Å². The zero-order chi connectivity index (χ0) is 14.2. The lowest BCUT2D eigenvalue weighted by atomic mass is 10.1. The van der Waals surface area contributed by atoms with Gasteiger partial charge in [0.15, 0.2) is 0 Å². The largest absolute Gasteiger partial charge is 0.380 e. The van der Waals surface area contributed by atoms with E-state index in [9.17, 15) is 4.79 Å². The summed E-state index contributed by atoms with van der Waals surface area (Å²) in [6.45, 7) is 3.75. The van der Waals surface area contributed by atoms with Crippen LogP contribution in [0, 0.1) is 0 Å². The molecule has 1 aromatic carbocycles. The van der Waals surface area contributed by atoms with Crippen molar-refractivity contribution in [1.29, 1.82) is 0 Å². The van der Waals surface area contributed by atoms with E-state index in [4.69, 9.17) is 4.74 Å².